The molecule has 0 aliphatic carbocycles. The molecule has 5 aromatic carbocycles. The summed E-state index contributed by atoms with van der Waals surface area (Å²) in [5.41, 5.74) is 20.1. The highest BCUT2D eigenvalue weighted by Gasteiger charge is 2.16. The Hall–Kier alpha value is -5.72. The summed E-state index contributed by atoms with van der Waals surface area (Å²) in [7, 11) is 0. The van der Waals surface area contributed by atoms with Crippen LogP contribution in [0.2, 0.25) is 0 Å². The molecule has 0 spiro atoms. The third-order valence-corrected chi connectivity index (χ3v) is 6.18. The Kier molecular flexibility index (Phi) is 6.63. The van der Waals surface area contributed by atoms with Crippen LogP contribution in [-0.2, 0) is 0 Å². The molecule has 0 amide bonds. The van der Waals surface area contributed by atoms with Crippen molar-refractivity contribution >= 4 is 45.5 Å². The predicted molar refractivity (Wildman–Crippen MR) is 154 cm³/mol. The maximum absolute atomic E-state index is 9.24. The van der Waals surface area contributed by atoms with E-state index in [1.54, 1.807) is 0 Å². The molecule has 5 rings (SSSR count). The van der Waals surface area contributed by atoms with E-state index >= 15 is 0 Å². The minimum atomic E-state index is 0.600. The van der Waals surface area contributed by atoms with Gasteiger partial charge in [-0.05, 0) is 121 Å². The summed E-state index contributed by atoms with van der Waals surface area (Å²) in [5.74, 6) is 0. The van der Waals surface area contributed by atoms with E-state index in [9.17, 15) is 10.5 Å². The fourth-order valence-corrected chi connectivity index (χ4v) is 4.26. The standard InChI is InChI=1S/C32H24N6/c33-21-23-1-9-27(10-2-23)37(29-13-5-25(35)6-14-29)31-17-19-32(20-18-31)38(30-15-7-26(36)8-16-30)28-11-3-24(22-34)4-12-28/h1-20H,35-36H2. The molecule has 4 N–H and O–H groups in total. The number of hydrogen-bond donors (Lipinski definition) is 2. The van der Waals surface area contributed by atoms with Crippen LogP contribution in [0.4, 0.5) is 45.5 Å². The van der Waals surface area contributed by atoms with Crippen molar-refractivity contribution in [2.45, 2.75) is 0 Å². The average molecular weight is 493 g/mol. The number of nitrogen functional groups attached to an aromatic ring is 2. The first-order valence-corrected chi connectivity index (χ1v) is 12.0. The third-order valence-electron chi connectivity index (χ3n) is 6.18. The van der Waals surface area contributed by atoms with Crippen molar-refractivity contribution in [3.8, 4) is 12.1 Å². The molecule has 0 fully saturated rings. The number of anilines is 8. The average Bonchev–Trinajstić information content (AvgIpc) is 2.97. The van der Waals surface area contributed by atoms with Gasteiger partial charge in [-0.25, -0.2) is 0 Å². The lowest BCUT2D eigenvalue weighted by Gasteiger charge is -2.28. The zero-order chi connectivity index (χ0) is 26.5. The molecule has 6 nitrogen and oxygen atoms in total. The van der Waals surface area contributed by atoms with Gasteiger partial charge in [0.25, 0.3) is 0 Å². The van der Waals surface area contributed by atoms with Gasteiger partial charge in [-0.15, -0.1) is 0 Å². The van der Waals surface area contributed by atoms with Gasteiger partial charge < -0.3 is 21.3 Å². The zero-order valence-corrected chi connectivity index (χ0v) is 20.5. The van der Waals surface area contributed by atoms with E-state index < -0.39 is 0 Å². The fraction of sp³-hybridized carbons (Fsp3) is 0. The van der Waals surface area contributed by atoms with Crippen LogP contribution in [0, 0.1) is 22.7 Å². The molecule has 0 saturated heterocycles. The Labute approximate surface area is 221 Å². The fourth-order valence-electron chi connectivity index (χ4n) is 4.26. The molecule has 0 radical (unpaired) electrons. The quantitative estimate of drug-likeness (QED) is 0.237. The second-order valence-electron chi connectivity index (χ2n) is 8.69. The number of nitriles is 2. The monoisotopic (exact) mass is 492 g/mol. The van der Waals surface area contributed by atoms with Gasteiger partial charge in [0.05, 0.1) is 23.3 Å². The van der Waals surface area contributed by atoms with Crippen molar-refractivity contribution < 1.29 is 0 Å². The van der Waals surface area contributed by atoms with Crippen LogP contribution < -0.4 is 21.3 Å². The molecule has 0 aliphatic rings. The van der Waals surface area contributed by atoms with Crippen LogP contribution in [0.1, 0.15) is 11.1 Å². The molecule has 0 atom stereocenters. The molecule has 0 aromatic heterocycles. The predicted octanol–water partition coefficient (Wildman–Crippen LogP) is 7.53. The largest absolute Gasteiger partial charge is 0.399 e. The Morgan fingerprint density at radius 1 is 0.368 bits per heavy atom. The molecule has 38 heavy (non-hydrogen) atoms. The Morgan fingerprint density at radius 3 is 0.816 bits per heavy atom. The van der Waals surface area contributed by atoms with Crippen molar-refractivity contribution in [3.05, 3.63) is 132 Å². The summed E-state index contributed by atoms with van der Waals surface area (Å²) in [6, 6.07) is 42.9. The first kappa shape index (κ1) is 24.0. The summed E-state index contributed by atoms with van der Waals surface area (Å²) >= 11 is 0. The van der Waals surface area contributed by atoms with E-state index in [1.807, 2.05) is 97.1 Å². The number of hydrogen-bond acceptors (Lipinski definition) is 6. The molecule has 6 heteroatoms. The van der Waals surface area contributed by atoms with Crippen LogP contribution in [0.25, 0.3) is 0 Å². The van der Waals surface area contributed by atoms with E-state index in [4.69, 9.17) is 11.5 Å². The van der Waals surface area contributed by atoms with Crippen molar-refractivity contribution in [2.75, 3.05) is 21.3 Å². The van der Waals surface area contributed by atoms with Gasteiger partial charge in [0.1, 0.15) is 0 Å². The van der Waals surface area contributed by atoms with Crippen molar-refractivity contribution in [1.82, 2.24) is 0 Å². The maximum Gasteiger partial charge on any atom is 0.0991 e. The number of rotatable bonds is 6. The topological polar surface area (TPSA) is 106 Å². The third kappa shape index (κ3) is 4.97. The molecule has 0 aliphatic heterocycles. The van der Waals surface area contributed by atoms with E-state index in [1.165, 1.54) is 0 Å². The van der Waals surface area contributed by atoms with Gasteiger partial charge in [0.2, 0.25) is 0 Å². The molecular formula is C32H24N6. The molecule has 0 unspecified atom stereocenters. The first-order valence-electron chi connectivity index (χ1n) is 12.0. The number of benzene rings is 5. The summed E-state index contributed by atoms with van der Waals surface area (Å²) in [6.07, 6.45) is 0. The van der Waals surface area contributed by atoms with Crippen LogP contribution >= 0.6 is 0 Å². The minimum Gasteiger partial charge on any atom is -0.399 e. The lowest BCUT2D eigenvalue weighted by Crippen LogP contribution is -2.12. The normalized spacial score (nSPS) is 10.3. The summed E-state index contributed by atoms with van der Waals surface area (Å²) < 4.78 is 0. The second-order valence-corrected chi connectivity index (χ2v) is 8.69. The van der Waals surface area contributed by atoms with Gasteiger partial charge in [-0.1, -0.05) is 0 Å². The molecular weight excluding hydrogens is 468 g/mol. The summed E-state index contributed by atoms with van der Waals surface area (Å²) in [6.45, 7) is 0. The van der Waals surface area contributed by atoms with Crippen LogP contribution in [0.15, 0.2) is 121 Å². The van der Waals surface area contributed by atoms with E-state index in [2.05, 4.69) is 46.2 Å². The lowest BCUT2D eigenvalue weighted by molar-refractivity contribution is 1.25. The molecule has 5 aromatic rings. The zero-order valence-electron chi connectivity index (χ0n) is 20.5. The second kappa shape index (κ2) is 10.5. The Balaban J connectivity index is 1.58. The summed E-state index contributed by atoms with van der Waals surface area (Å²) in [4.78, 5) is 4.22. The minimum absolute atomic E-state index is 0.600. The van der Waals surface area contributed by atoms with E-state index in [0.29, 0.717) is 22.5 Å². The molecule has 0 bridgehead atoms. The van der Waals surface area contributed by atoms with Gasteiger partial charge >= 0.3 is 0 Å². The Bertz CT molecular complexity index is 1480. The van der Waals surface area contributed by atoms with Crippen molar-refractivity contribution in [2.24, 2.45) is 0 Å². The molecule has 0 saturated carbocycles. The number of nitrogens with zero attached hydrogens (tertiary/aromatic N) is 4. The van der Waals surface area contributed by atoms with E-state index in [0.717, 1.165) is 34.1 Å². The van der Waals surface area contributed by atoms with Crippen molar-refractivity contribution in [3.63, 3.8) is 0 Å². The first-order chi connectivity index (χ1) is 18.6. The maximum atomic E-state index is 9.24. The number of nitrogens with two attached hydrogens (primary N) is 2. The smallest absolute Gasteiger partial charge is 0.0991 e. The van der Waals surface area contributed by atoms with Gasteiger partial charge in [-0.3, -0.25) is 0 Å². The van der Waals surface area contributed by atoms with Crippen molar-refractivity contribution in [1.29, 1.82) is 10.5 Å². The highest BCUT2D eigenvalue weighted by atomic mass is 15.2. The molecule has 0 heterocycles. The lowest BCUT2D eigenvalue weighted by atomic mass is 10.1. The van der Waals surface area contributed by atoms with Gasteiger partial charge in [-0.2, -0.15) is 10.5 Å². The highest BCUT2D eigenvalue weighted by molar-refractivity contribution is 5.81. The van der Waals surface area contributed by atoms with Gasteiger partial charge in [0.15, 0.2) is 0 Å². The summed E-state index contributed by atoms with van der Waals surface area (Å²) in [5, 5.41) is 18.5. The van der Waals surface area contributed by atoms with Crippen LogP contribution in [0.3, 0.4) is 0 Å². The highest BCUT2D eigenvalue weighted by Crippen LogP contribution is 2.39. The van der Waals surface area contributed by atoms with E-state index in [-0.39, 0.29) is 0 Å². The van der Waals surface area contributed by atoms with Crippen LogP contribution in [-0.4, -0.2) is 0 Å². The van der Waals surface area contributed by atoms with Crippen LogP contribution in [0.5, 0.6) is 0 Å². The SMILES string of the molecule is N#Cc1ccc(N(c2ccc(N)cc2)c2ccc(N(c3ccc(N)cc3)c3ccc(C#N)cc3)cc2)cc1. The molecule has 182 valence electrons. The Morgan fingerprint density at radius 2 is 0.579 bits per heavy atom. The van der Waals surface area contributed by atoms with Gasteiger partial charge in [0, 0.05) is 45.5 Å².